The summed E-state index contributed by atoms with van der Waals surface area (Å²) in [6, 6.07) is 17.1. The minimum atomic E-state index is -0.504. The molecule has 1 amide bonds. The number of anilines is 2. The van der Waals surface area contributed by atoms with E-state index in [1.807, 2.05) is 25.3 Å². The van der Waals surface area contributed by atoms with E-state index in [1.165, 1.54) is 16.3 Å². The maximum absolute atomic E-state index is 12.5. The van der Waals surface area contributed by atoms with E-state index in [4.69, 9.17) is 19.8 Å². The first-order chi connectivity index (χ1) is 18.2. The van der Waals surface area contributed by atoms with E-state index < -0.39 is 5.60 Å². The summed E-state index contributed by atoms with van der Waals surface area (Å²) < 4.78 is 7.40. The van der Waals surface area contributed by atoms with Crippen LogP contribution in [0.5, 0.6) is 0 Å². The molecule has 38 heavy (non-hydrogen) atoms. The van der Waals surface area contributed by atoms with Gasteiger partial charge in [-0.15, -0.1) is 5.10 Å². The number of ether oxygens (including phenoxy) is 1. The zero-order valence-corrected chi connectivity index (χ0v) is 22.5. The first-order valence-electron chi connectivity index (χ1n) is 13.5. The predicted octanol–water partition coefficient (Wildman–Crippen LogP) is 5.39. The lowest BCUT2D eigenvalue weighted by Crippen LogP contribution is -2.50. The second-order valence-corrected chi connectivity index (χ2v) is 11.4. The Labute approximate surface area is 222 Å². The van der Waals surface area contributed by atoms with Gasteiger partial charge in [-0.3, -0.25) is 0 Å². The fourth-order valence-electron chi connectivity index (χ4n) is 4.88. The molecule has 2 fully saturated rings. The van der Waals surface area contributed by atoms with Gasteiger partial charge in [0.05, 0.1) is 0 Å². The number of piperazine rings is 1. The second-order valence-electron chi connectivity index (χ2n) is 11.4. The van der Waals surface area contributed by atoms with Crippen LogP contribution in [0.25, 0.3) is 16.6 Å². The number of nitrogens with zero attached hydrogens (tertiary/aromatic N) is 6. The van der Waals surface area contributed by atoms with Crippen molar-refractivity contribution in [1.29, 1.82) is 0 Å². The van der Waals surface area contributed by atoms with Gasteiger partial charge >= 0.3 is 6.09 Å². The van der Waals surface area contributed by atoms with Crippen molar-refractivity contribution in [2.24, 2.45) is 0 Å². The van der Waals surface area contributed by atoms with Crippen molar-refractivity contribution >= 4 is 34.3 Å². The van der Waals surface area contributed by atoms with Crippen LogP contribution in [0.3, 0.4) is 0 Å². The SMILES string of the molecule is C[C@@H](Nc1cc(N2CCN(C(=O)OC(C)(C)C)CC2)nc2nc(C3CC3)nn12)c1ccc2ccccc2c1. The number of nitrogens with one attached hydrogen (secondary N) is 1. The third-order valence-electron chi connectivity index (χ3n) is 7.15. The van der Waals surface area contributed by atoms with Gasteiger partial charge in [0.1, 0.15) is 17.2 Å². The van der Waals surface area contributed by atoms with Gasteiger partial charge < -0.3 is 19.9 Å². The minimum Gasteiger partial charge on any atom is -0.444 e. The van der Waals surface area contributed by atoms with E-state index in [1.54, 1.807) is 4.90 Å². The normalized spacial score (nSPS) is 17.2. The van der Waals surface area contributed by atoms with E-state index in [9.17, 15) is 4.79 Å². The molecule has 3 heterocycles. The Kier molecular flexibility index (Phi) is 6.08. The lowest BCUT2D eigenvalue weighted by Gasteiger charge is -2.36. The maximum Gasteiger partial charge on any atom is 0.410 e. The number of aromatic nitrogens is 4. The molecule has 9 nitrogen and oxygen atoms in total. The molecule has 2 aromatic carbocycles. The number of carbonyl (C=O) groups is 1. The smallest absolute Gasteiger partial charge is 0.410 e. The van der Waals surface area contributed by atoms with Gasteiger partial charge in [0.2, 0.25) is 0 Å². The van der Waals surface area contributed by atoms with Crippen LogP contribution in [0.4, 0.5) is 16.4 Å². The van der Waals surface area contributed by atoms with E-state index in [2.05, 4.69) is 65.7 Å². The van der Waals surface area contributed by atoms with Crippen molar-refractivity contribution in [3.05, 3.63) is 59.9 Å². The number of hydrogen-bond acceptors (Lipinski definition) is 7. The van der Waals surface area contributed by atoms with Crippen LogP contribution in [0.2, 0.25) is 0 Å². The van der Waals surface area contributed by atoms with Gasteiger partial charge in [0.25, 0.3) is 5.78 Å². The van der Waals surface area contributed by atoms with E-state index in [-0.39, 0.29) is 12.1 Å². The number of fused-ring (bicyclic) bond motifs is 2. The molecule has 9 heteroatoms. The topological polar surface area (TPSA) is 87.9 Å². The third kappa shape index (κ3) is 5.10. The van der Waals surface area contributed by atoms with Crippen molar-refractivity contribution in [2.45, 2.75) is 58.1 Å². The third-order valence-corrected chi connectivity index (χ3v) is 7.15. The highest BCUT2D eigenvalue weighted by atomic mass is 16.6. The van der Waals surface area contributed by atoms with Crippen LogP contribution < -0.4 is 10.2 Å². The van der Waals surface area contributed by atoms with Gasteiger partial charge in [0, 0.05) is 44.2 Å². The Morgan fingerprint density at radius 2 is 1.74 bits per heavy atom. The summed E-state index contributed by atoms with van der Waals surface area (Å²) in [6.45, 7) is 10.3. The fourth-order valence-corrected chi connectivity index (χ4v) is 4.88. The Hall–Kier alpha value is -3.88. The molecule has 0 spiro atoms. The molecule has 1 saturated carbocycles. The summed E-state index contributed by atoms with van der Waals surface area (Å²) >= 11 is 0. The molecule has 1 atom stereocenters. The van der Waals surface area contributed by atoms with E-state index in [0.29, 0.717) is 37.9 Å². The highest BCUT2D eigenvalue weighted by Gasteiger charge is 2.30. The Bertz CT molecular complexity index is 1480. The highest BCUT2D eigenvalue weighted by Crippen LogP contribution is 2.38. The minimum absolute atomic E-state index is 0.0515. The highest BCUT2D eigenvalue weighted by molar-refractivity contribution is 5.83. The van der Waals surface area contributed by atoms with Crippen molar-refractivity contribution in [2.75, 3.05) is 36.4 Å². The van der Waals surface area contributed by atoms with Gasteiger partial charge in [-0.2, -0.15) is 14.5 Å². The summed E-state index contributed by atoms with van der Waals surface area (Å²) in [5, 5.41) is 11.0. The maximum atomic E-state index is 12.5. The summed E-state index contributed by atoms with van der Waals surface area (Å²) in [5.74, 6) is 3.60. The molecule has 198 valence electrons. The molecule has 1 saturated heterocycles. The fraction of sp³-hybridized carbons (Fsp3) is 0.448. The lowest BCUT2D eigenvalue weighted by molar-refractivity contribution is 0.0240. The first-order valence-corrected chi connectivity index (χ1v) is 13.5. The Morgan fingerprint density at radius 1 is 1.00 bits per heavy atom. The molecule has 4 aromatic rings. The number of amides is 1. The first kappa shape index (κ1) is 24.5. The number of rotatable bonds is 5. The molecule has 1 N–H and O–H groups in total. The van der Waals surface area contributed by atoms with Crippen LogP contribution >= 0.6 is 0 Å². The number of hydrogen-bond donors (Lipinski definition) is 1. The zero-order valence-electron chi connectivity index (χ0n) is 22.5. The molecule has 6 rings (SSSR count). The van der Waals surface area contributed by atoms with E-state index >= 15 is 0 Å². The monoisotopic (exact) mass is 513 g/mol. The molecule has 0 radical (unpaired) electrons. The van der Waals surface area contributed by atoms with Crippen molar-refractivity contribution < 1.29 is 9.53 Å². The Morgan fingerprint density at radius 3 is 2.45 bits per heavy atom. The number of benzene rings is 2. The van der Waals surface area contributed by atoms with Crippen molar-refractivity contribution in [3.8, 4) is 0 Å². The average Bonchev–Trinajstić information content (AvgIpc) is 3.66. The largest absolute Gasteiger partial charge is 0.444 e. The van der Waals surface area contributed by atoms with Crippen molar-refractivity contribution in [3.63, 3.8) is 0 Å². The molecule has 1 aliphatic heterocycles. The molecule has 1 aliphatic carbocycles. The molecule has 0 bridgehead atoms. The van der Waals surface area contributed by atoms with Crippen LogP contribution in [-0.2, 0) is 4.74 Å². The van der Waals surface area contributed by atoms with Crippen molar-refractivity contribution in [1.82, 2.24) is 24.5 Å². The summed E-state index contributed by atoms with van der Waals surface area (Å²) in [6.07, 6.45) is 2.00. The molecular formula is C29H35N7O2. The lowest BCUT2D eigenvalue weighted by atomic mass is 10.0. The van der Waals surface area contributed by atoms with Crippen LogP contribution in [0, 0.1) is 0 Å². The summed E-state index contributed by atoms with van der Waals surface area (Å²) in [5.41, 5.74) is 0.694. The quantitative estimate of drug-likeness (QED) is 0.383. The predicted molar refractivity (Wildman–Crippen MR) is 149 cm³/mol. The average molecular weight is 514 g/mol. The van der Waals surface area contributed by atoms with Gasteiger partial charge in [0.15, 0.2) is 5.82 Å². The molecule has 0 unspecified atom stereocenters. The van der Waals surface area contributed by atoms with Crippen LogP contribution in [0.15, 0.2) is 48.5 Å². The Balaban J connectivity index is 1.26. The molecular weight excluding hydrogens is 478 g/mol. The van der Waals surface area contributed by atoms with E-state index in [0.717, 1.165) is 30.3 Å². The van der Waals surface area contributed by atoms with Crippen LogP contribution in [0.1, 0.15) is 63.9 Å². The van der Waals surface area contributed by atoms with Gasteiger partial charge in [-0.25, -0.2) is 4.79 Å². The summed E-state index contributed by atoms with van der Waals surface area (Å²) in [4.78, 5) is 26.2. The van der Waals surface area contributed by atoms with Gasteiger partial charge in [-0.1, -0.05) is 36.4 Å². The molecule has 2 aliphatic rings. The molecule has 2 aromatic heterocycles. The second kappa shape index (κ2) is 9.45. The van der Waals surface area contributed by atoms with Crippen LogP contribution in [-0.4, -0.2) is 62.4 Å². The standard InChI is InChI=1S/C29H35N7O2/c1-19(22-12-9-20-7-5-6-8-23(20)17-22)30-25-18-24(31-27-32-26(21-10-11-21)33-36(25)27)34-13-15-35(16-14-34)28(37)38-29(2,3)4/h5-9,12,17-19,21,30H,10-11,13-16H2,1-4H3/t19-/m1/s1. The summed E-state index contributed by atoms with van der Waals surface area (Å²) in [7, 11) is 0. The van der Waals surface area contributed by atoms with Gasteiger partial charge in [-0.05, 0) is 62.9 Å². The zero-order chi connectivity index (χ0) is 26.4. The number of carbonyl (C=O) groups excluding carboxylic acids is 1.